The molecular formula is CH3I2NaO. The first-order valence-corrected chi connectivity index (χ1v) is 10.00. The van der Waals surface area contributed by atoms with Gasteiger partial charge < -0.3 is 0 Å². The molecule has 0 saturated carbocycles. The van der Waals surface area contributed by atoms with Gasteiger partial charge in [-0.25, -0.2) is 0 Å². The summed E-state index contributed by atoms with van der Waals surface area (Å²) in [4.78, 5) is 1.75. The largest absolute Gasteiger partial charge is 1.00 e. The molecule has 0 aromatic carbocycles. The molecule has 0 aliphatic rings. The summed E-state index contributed by atoms with van der Waals surface area (Å²) in [6.07, 6.45) is 0. The molecule has 0 bridgehead atoms. The maximum Gasteiger partial charge on any atom is 1.00 e. The zero-order chi connectivity index (χ0) is 3.58. The molecule has 0 aliphatic carbocycles. The van der Waals surface area contributed by atoms with Gasteiger partial charge in [0.2, 0.25) is 0 Å². The minimum Gasteiger partial charge on any atom is 1.00 e. The van der Waals surface area contributed by atoms with Crippen LogP contribution in [0, 0.1) is 0 Å². The van der Waals surface area contributed by atoms with Crippen LogP contribution in [-0.4, -0.2) is 4.93 Å². The van der Waals surface area contributed by atoms with Crippen molar-refractivity contribution in [3.05, 3.63) is 0 Å². The Balaban J connectivity index is 0. The van der Waals surface area contributed by atoms with Crippen LogP contribution in [0.15, 0.2) is 0 Å². The van der Waals surface area contributed by atoms with Crippen LogP contribution in [0.2, 0.25) is 0 Å². The third-order valence-corrected chi connectivity index (χ3v) is 0. The van der Waals surface area contributed by atoms with Crippen LogP contribution in [0.5, 0.6) is 0 Å². The molecular weight excluding hydrogens is 305 g/mol. The number of rotatable bonds is 0. The Kier molecular flexibility index (Phi) is 13.4. The molecule has 0 spiro atoms. The first-order valence-electron chi connectivity index (χ1n) is 0.675. The van der Waals surface area contributed by atoms with E-state index in [4.69, 9.17) is 0 Å². The normalized spacial score (nSPS) is 9.00. The smallest absolute Gasteiger partial charge is 1.00 e. The molecule has 0 N–H and O–H groups in total. The summed E-state index contributed by atoms with van der Waals surface area (Å²) in [5.74, 6) is 0. The summed E-state index contributed by atoms with van der Waals surface area (Å²) in [5.41, 5.74) is 0. The Hall–Kier alpha value is 2.42. The summed E-state index contributed by atoms with van der Waals surface area (Å²) >= 11 is 0.401. The van der Waals surface area contributed by atoms with Gasteiger partial charge in [0.15, 0.2) is 0 Å². The SMILES string of the molecule is CI([O-])I.[Na+]. The van der Waals surface area contributed by atoms with E-state index in [9.17, 15) is 3.44 Å². The Bertz CT molecular complexity index is 14.4. The van der Waals surface area contributed by atoms with Gasteiger partial charge in [-0.3, -0.25) is 0 Å². The molecule has 4 heteroatoms. The van der Waals surface area contributed by atoms with Gasteiger partial charge >= 0.3 is 72.8 Å². The van der Waals surface area contributed by atoms with E-state index in [-0.39, 0.29) is 29.6 Å². The van der Waals surface area contributed by atoms with Crippen LogP contribution in [0.3, 0.4) is 0 Å². The molecule has 1 nitrogen and oxygen atoms in total. The van der Waals surface area contributed by atoms with E-state index in [2.05, 4.69) is 0 Å². The second-order valence-corrected chi connectivity index (χ2v) is 10.1. The molecule has 0 aliphatic heterocycles. The van der Waals surface area contributed by atoms with E-state index < -0.39 is 16.3 Å². The van der Waals surface area contributed by atoms with E-state index >= 15 is 0 Å². The fourth-order valence-corrected chi connectivity index (χ4v) is 0. The number of halogens is 2. The summed E-state index contributed by atoms with van der Waals surface area (Å²) in [7, 11) is 0. The second-order valence-electron chi connectivity index (χ2n) is 0.355. The summed E-state index contributed by atoms with van der Waals surface area (Å²) in [6, 6.07) is 0. The van der Waals surface area contributed by atoms with Crippen LogP contribution >= 0.6 is 34.9 Å². The van der Waals surface area contributed by atoms with Gasteiger partial charge in [0.25, 0.3) is 0 Å². The monoisotopic (exact) mass is 308 g/mol. The molecule has 0 atom stereocenters. The zero-order valence-electron chi connectivity index (χ0n) is 3.16. The standard InChI is InChI=1S/CH3I2O.Na/c1-3(2)4;/h1H3;/q-1;+1. The Morgan fingerprint density at radius 1 is 1.80 bits per heavy atom. The molecule has 5 heavy (non-hydrogen) atoms. The van der Waals surface area contributed by atoms with Gasteiger partial charge in [0.1, 0.15) is 0 Å². The Morgan fingerprint density at radius 2 is 1.80 bits per heavy atom. The van der Waals surface area contributed by atoms with Crippen molar-refractivity contribution < 1.29 is 33.0 Å². The van der Waals surface area contributed by atoms with Crippen LogP contribution in [-0.2, 0) is 0 Å². The van der Waals surface area contributed by atoms with E-state index in [1.165, 1.54) is 0 Å². The van der Waals surface area contributed by atoms with Gasteiger partial charge in [-0.2, -0.15) is 0 Å². The minimum atomic E-state index is -1.54. The van der Waals surface area contributed by atoms with Crippen molar-refractivity contribution in [2.24, 2.45) is 0 Å². The Labute approximate surface area is 71.3 Å². The van der Waals surface area contributed by atoms with Gasteiger partial charge in [-0.05, 0) is 0 Å². The average Bonchev–Trinajstić information content (AvgIpc) is 0.811. The molecule has 28 valence electrons. The van der Waals surface area contributed by atoms with Crippen molar-refractivity contribution in [1.29, 1.82) is 0 Å². The van der Waals surface area contributed by atoms with Crippen LogP contribution < -0.4 is 33.0 Å². The fraction of sp³-hybridized carbons (Fsp3) is 1.00. The molecule has 0 heterocycles. The maximum absolute atomic E-state index is 9.67. The number of hydrogen-bond acceptors (Lipinski definition) is 1. The first-order chi connectivity index (χ1) is 1.73. The zero-order valence-corrected chi connectivity index (χ0v) is 9.48. The van der Waals surface area contributed by atoms with Crippen molar-refractivity contribution in [3.8, 4) is 0 Å². The van der Waals surface area contributed by atoms with Gasteiger partial charge in [-0.1, -0.05) is 0 Å². The second kappa shape index (κ2) is 6.42. The third kappa shape index (κ3) is 21.4. The van der Waals surface area contributed by atoms with Gasteiger partial charge in [0.05, 0.1) is 0 Å². The van der Waals surface area contributed by atoms with Crippen molar-refractivity contribution in [2.45, 2.75) is 0 Å². The molecule has 0 aromatic rings. The first kappa shape index (κ1) is 10.4. The van der Waals surface area contributed by atoms with Crippen molar-refractivity contribution >= 4 is 34.9 Å². The van der Waals surface area contributed by atoms with Gasteiger partial charge in [-0.15, -0.1) is 0 Å². The number of alkyl halides is 1. The molecule has 0 unspecified atom stereocenters. The summed E-state index contributed by atoms with van der Waals surface area (Å²) < 4.78 is 9.67. The van der Waals surface area contributed by atoms with Crippen LogP contribution in [0.4, 0.5) is 0 Å². The van der Waals surface area contributed by atoms with E-state index in [1.807, 2.05) is 18.6 Å². The quantitative estimate of drug-likeness (QED) is 0.282. The summed E-state index contributed by atoms with van der Waals surface area (Å²) in [6.45, 7) is 0. The van der Waals surface area contributed by atoms with E-state index in [0.717, 1.165) is 0 Å². The third-order valence-electron chi connectivity index (χ3n) is 0. The predicted octanol–water partition coefficient (Wildman–Crippen LogP) is -2.25. The van der Waals surface area contributed by atoms with Crippen molar-refractivity contribution in [3.63, 3.8) is 0 Å². The van der Waals surface area contributed by atoms with Crippen LogP contribution in [0.25, 0.3) is 0 Å². The van der Waals surface area contributed by atoms with E-state index in [0.29, 0.717) is 0 Å². The molecule has 0 radical (unpaired) electrons. The molecule has 0 amide bonds. The van der Waals surface area contributed by atoms with Crippen molar-refractivity contribution in [2.75, 3.05) is 4.93 Å². The fourth-order valence-electron chi connectivity index (χ4n) is 0. The predicted molar refractivity (Wildman–Crippen MR) is 34.0 cm³/mol. The van der Waals surface area contributed by atoms with E-state index in [1.54, 1.807) is 4.93 Å². The number of hydrogen-bond donors (Lipinski definition) is 0. The minimum absolute atomic E-state index is 0. The van der Waals surface area contributed by atoms with Crippen LogP contribution in [0.1, 0.15) is 0 Å². The molecule has 0 aromatic heterocycles. The average molecular weight is 308 g/mol. The van der Waals surface area contributed by atoms with Crippen molar-refractivity contribution in [1.82, 2.24) is 0 Å². The maximum atomic E-state index is 9.67. The molecule has 0 saturated heterocycles. The Morgan fingerprint density at radius 3 is 1.80 bits per heavy atom. The molecule has 0 fully saturated rings. The van der Waals surface area contributed by atoms with Gasteiger partial charge in [0, 0.05) is 0 Å². The summed E-state index contributed by atoms with van der Waals surface area (Å²) in [5, 5.41) is 0. The molecule has 0 rings (SSSR count). The topological polar surface area (TPSA) is 23.1 Å².